The molecular weight excluding hydrogens is 525 g/mol. The van der Waals surface area contributed by atoms with Gasteiger partial charge in [-0.1, -0.05) is 0 Å². The van der Waals surface area contributed by atoms with Gasteiger partial charge in [0, 0.05) is 94.8 Å². The van der Waals surface area contributed by atoms with Gasteiger partial charge >= 0.3 is 0 Å². The third kappa shape index (κ3) is 19.4. The Morgan fingerprint density at radius 1 is 1.00 bits per heavy atom. The molecule has 0 amide bonds. The Kier molecular flexibility index (Phi) is 244. The summed E-state index contributed by atoms with van der Waals surface area (Å²) in [4.78, 5) is 0. The summed E-state index contributed by atoms with van der Waals surface area (Å²) in [5.41, 5.74) is 0. The minimum atomic E-state index is 0. The SMILES string of the molecule is [Co].[Cu].[Pd].[Pt].[Ru]. The molecule has 0 saturated heterocycles. The molecular formula is CoCuPdPtRu. The van der Waals surface area contributed by atoms with Crippen molar-refractivity contribution in [1.29, 1.82) is 0 Å². The summed E-state index contributed by atoms with van der Waals surface area (Å²) < 4.78 is 0. The first-order valence-electron chi connectivity index (χ1n) is 0. The first-order valence-corrected chi connectivity index (χ1v) is 0. The predicted octanol–water partition coefficient (Wildman–Crippen LogP) is -0.0125. The Hall–Kier alpha value is 3.00. The van der Waals surface area contributed by atoms with Gasteiger partial charge in [-0.05, 0) is 0 Å². The van der Waals surface area contributed by atoms with Crippen molar-refractivity contribution in [1.82, 2.24) is 0 Å². The van der Waals surface area contributed by atoms with Crippen molar-refractivity contribution in [2.45, 2.75) is 0 Å². The molecule has 0 aromatic carbocycles. The summed E-state index contributed by atoms with van der Waals surface area (Å²) in [5, 5.41) is 0. The molecule has 5 heteroatoms. The van der Waals surface area contributed by atoms with Gasteiger partial charge in [0.2, 0.25) is 0 Å². The van der Waals surface area contributed by atoms with Gasteiger partial charge in [-0.25, -0.2) is 0 Å². The molecule has 0 aliphatic rings. The van der Waals surface area contributed by atoms with Crippen LogP contribution in [0.1, 0.15) is 0 Å². The van der Waals surface area contributed by atoms with Crippen LogP contribution in [-0.4, -0.2) is 0 Å². The van der Waals surface area contributed by atoms with Crippen LogP contribution < -0.4 is 0 Å². The minimum absolute atomic E-state index is 0. The Labute approximate surface area is 93.3 Å². The monoisotopic (exact) mass is 525 g/mol. The molecule has 0 heterocycles. The molecule has 0 spiro atoms. The topological polar surface area (TPSA) is 0 Å². The molecule has 0 aliphatic heterocycles. The maximum atomic E-state index is 0. The van der Waals surface area contributed by atoms with Gasteiger partial charge in [0.05, 0.1) is 0 Å². The van der Waals surface area contributed by atoms with Gasteiger partial charge in [0.15, 0.2) is 0 Å². The number of hydrogen-bond donors (Lipinski definition) is 0. The van der Waals surface area contributed by atoms with Gasteiger partial charge < -0.3 is 0 Å². The van der Waals surface area contributed by atoms with E-state index >= 15 is 0 Å². The summed E-state index contributed by atoms with van der Waals surface area (Å²) >= 11 is 0. The van der Waals surface area contributed by atoms with Crippen LogP contribution >= 0.6 is 0 Å². The molecule has 0 atom stereocenters. The summed E-state index contributed by atoms with van der Waals surface area (Å²) in [6.45, 7) is 0. The fraction of sp³-hybridized carbons (Fsp3) is 0. The van der Waals surface area contributed by atoms with Crippen molar-refractivity contribution in [3.8, 4) is 0 Å². The molecule has 0 aliphatic carbocycles. The quantitative estimate of drug-likeness (QED) is 0.391. The zero-order chi connectivity index (χ0) is 0. The van der Waals surface area contributed by atoms with Crippen LogP contribution in [0, 0.1) is 0 Å². The first kappa shape index (κ1) is 43.6. The summed E-state index contributed by atoms with van der Waals surface area (Å²) in [5.74, 6) is 0. The third-order valence-electron chi connectivity index (χ3n) is 0. The third-order valence-corrected chi connectivity index (χ3v) is 0. The van der Waals surface area contributed by atoms with E-state index < -0.39 is 0 Å². The van der Waals surface area contributed by atoms with Gasteiger partial charge in [0.25, 0.3) is 0 Å². The van der Waals surface area contributed by atoms with E-state index in [0.717, 1.165) is 0 Å². The zero-order valence-corrected chi connectivity index (χ0v) is 9.17. The van der Waals surface area contributed by atoms with E-state index in [2.05, 4.69) is 0 Å². The standard InChI is InChI=1S/Co.Cu.Pd.Pt.Ru. The van der Waals surface area contributed by atoms with Crippen molar-refractivity contribution in [2.24, 2.45) is 0 Å². The number of hydrogen-bond acceptors (Lipinski definition) is 0. The largest absolute Gasteiger partial charge is 0 e. The Morgan fingerprint density at radius 3 is 1.00 bits per heavy atom. The van der Waals surface area contributed by atoms with Crippen LogP contribution in [0.4, 0.5) is 0 Å². The second-order valence-electron chi connectivity index (χ2n) is 0. The Balaban J connectivity index is 0. The smallest absolute Gasteiger partial charge is 0 e. The molecule has 0 bridgehead atoms. The second kappa shape index (κ2) is 28.0. The van der Waals surface area contributed by atoms with Crippen molar-refractivity contribution < 1.29 is 94.8 Å². The van der Waals surface area contributed by atoms with Gasteiger partial charge in [0.1, 0.15) is 0 Å². The second-order valence-corrected chi connectivity index (χ2v) is 0. The van der Waals surface area contributed by atoms with Crippen molar-refractivity contribution in [3.05, 3.63) is 0 Å². The average Bonchev–Trinajstić information content (AvgIpc) is 0. The van der Waals surface area contributed by atoms with E-state index in [0.29, 0.717) is 0 Å². The molecule has 0 rings (SSSR count). The summed E-state index contributed by atoms with van der Waals surface area (Å²) in [6, 6.07) is 0. The minimum Gasteiger partial charge on any atom is 0 e. The van der Waals surface area contributed by atoms with E-state index in [-0.39, 0.29) is 94.8 Å². The summed E-state index contributed by atoms with van der Waals surface area (Å²) in [7, 11) is 0. The normalized spacial score (nSPS) is 0. The molecule has 0 nitrogen and oxygen atoms in total. The van der Waals surface area contributed by atoms with Crippen LogP contribution in [-0.2, 0) is 94.8 Å². The van der Waals surface area contributed by atoms with Gasteiger partial charge in [-0.15, -0.1) is 0 Å². The van der Waals surface area contributed by atoms with Gasteiger partial charge in [-0.3, -0.25) is 0 Å². The van der Waals surface area contributed by atoms with Crippen molar-refractivity contribution >= 4 is 0 Å². The maximum absolute atomic E-state index is 0. The predicted molar refractivity (Wildman–Crippen MR) is 0 cm³/mol. The van der Waals surface area contributed by atoms with E-state index in [1.807, 2.05) is 0 Å². The van der Waals surface area contributed by atoms with Crippen molar-refractivity contribution in [3.63, 3.8) is 0 Å². The van der Waals surface area contributed by atoms with Crippen molar-refractivity contribution in [2.75, 3.05) is 0 Å². The molecule has 0 saturated carbocycles. The van der Waals surface area contributed by atoms with E-state index in [1.165, 1.54) is 0 Å². The van der Waals surface area contributed by atoms with Crippen LogP contribution in [0.2, 0.25) is 0 Å². The molecule has 5 heavy (non-hydrogen) atoms. The molecule has 0 fully saturated rings. The molecule has 48 valence electrons. The fourth-order valence-corrected chi connectivity index (χ4v) is 0. The Morgan fingerprint density at radius 2 is 1.00 bits per heavy atom. The average molecular weight is 525 g/mol. The van der Waals surface area contributed by atoms with Gasteiger partial charge in [-0.2, -0.15) is 0 Å². The first-order chi connectivity index (χ1) is 0. The number of rotatable bonds is 0. The maximum Gasteiger partial charge on any atom is 0 e. The van der Waals surface area contributed by atoms with Crippen LogP contribution in [0.15, 0.2) is 0 Å². The van der Waals surface area contributed by atoms with E-state index in [4.69, 9.17) is 0 Å². The summed E-state index contributed by atoms with van der Waals surface area (Å²) in [6.07, 6.45) is 0. The molecule has 0 unspecified atom stereocenters. The molecule has 0 aromatic heterocycles. The Bertz CT molecular complexity index is 11.6. The molecule has 0 aromatic rings. The molecule has 2 radical (unpaired) electrons. The van der Waals surface area contributed by atoms with Crippen LogP contribution in [0.5, 0.6) is 0 Å². The van der Waals surface area contributed by atoms with Crippen LogP contribution in [0.3, 0.4) is 0 Å². The van der Waals surface area contributed by atoms with E-state index in [1.54, 1.807) is 0 Å². The zero-order valence-electron chi connectivity index (χ0n) is 1.62. The molecule has 0 N–H and O–H groups in total. The van der Waals surface area contributed by atoms with Crippen LogP contribution in [0.25, 0.3) is 0 Å². The van der Waals surface area contributed by atoms with E-state index in [9.17, 15) is 0 Å². The fourth-order valence-electron chi connectivity index (χ4n) is 0.